The van der Waals surface area contributed by atoms with Crippen molar-refractivity contribution in [3.8, 4) is 0 Å². The monoisotopic (exact) mass is 410 g/mol. The summed E-state index contributed by atoms with van der Waals surface area (Å²) >= 11 is 0. The second kappa shape index (κ2) is 11.8. The lowest BCUT2D eigenvalue weighted by atomic mass is 9.86. The van der Waals surface area contributed by atoms with Gasteiger partial charge in [0, 0.05) is 5.69 Å². The van der Waals surface area contributed by atoms with E-state index in [1.165, 1.54) is 0 Å². The molecule has 2 aromatic carbocycles. The summed E-state index contributed by atoms with van der Waals surface area (Å²) in [6.07, 6.45) is 1.60. The number of esters is 1. The molecule has 0 aliphatic rings. The van der Waals surface area contributed by atoms with Crippen LogP contribution in [0.3, 0.4) is 0 Å². The number of para-hydroxylation sites is 1. The average molecular weight is 411 g/mol. The fraction of sp³-hybridized carbons (Fsp3) is 0.375. The van der Waals surface area contributed by atoms with Crippen molar-refractivity contribution >= 4 is 23.5 Å². The fourth-order valence-corrected chi connectivity index (χ4v) is 3.19. The van der Waals surface area contributed by atoms with E-state index in [1.54, 1.807) is 0 Å². The Morgan fingerprint density at radius 3 is 2.27 bits per heavy atom. The van der Waals surface area contributed by atoms with Gasteiger partial charge in [0.05, 0.1) is 12.5 Å². The van der Waals surface area contributed by atoms with Crippen LogP contribution in [0.4, 0.5) is 5.69 Å². The summed E-state index contributed by atoms with van der Waals surface area (Å²) in [5.74, 6) is -1.65. The van der Waals surface area contributed by atoms with Crippen molar-refractivity contribution in [2.45, 2.75) is 39.5 Å². The number of anilines is 1. The van der Waals surface area contributed by atoms with Crippen molar-refractivity contribution in [3.05, 3.63) is 65.7 Å². The number of carbonyl (C=O) groups is 3. The van der Waals surface area contributed by atoms with E-state index in [4.69, 9.17) is 4.74 Å². The van der Waals surface area contributed by atoms with Crippen LogP contribution in [0, 0.1) is 5.92 Å². The van der Waals surface area contributed by atoms with Crippen molar-refractivity contribution in [1.82, 2.24) is 5.32 Å². The summed E-state index contributed by atoms with van der Waals surface area (Å²) in [6, 6.07) is 16.9. The van der Waals surface area contributed by atoms with Crippen molar-refractivity contribution in [1.29, 1.82) is 0 Å². The molecule has 0 heterocycles. The molecular formula is C24H30N2O4. The number of ether oxygens (including phenoxy) is 1. The first-order valence-electron chi connectivity index (χ1n) is 10.3. The van der Waals surface area contributed by atoms with Gasteiger partial charge < -0.3 is 15.4 Å². The summed E-state index contributed by atoms with van der Waals surface area (Å²) in [7, 11) is 0. The van der Waals surface area contributed by atoms with Gasteiger partial charge in [0.2, 0.25) is 5.91 Å². The predicted octanol–water partition coefficient (Wildman–Crippen LogP) is 3.68. The van der Waals surface area contributed by atoms with Crippen LogP contribution >= 0.6 is 0 Å². The van der Waals surface area contributed by atoms with Crippen molar-refractivity contribution in [3.63, 3.8) is 0 Å². The van der Waals surface area contributed by atoms with E-state index in [0.717, 1.165) is 29.7 Å². The zero-order valence-corrected chi connectivity index (χ0v) is 17.8. The molecule has 0 spiro atoms. The lowest BCUT2D eigenvalue weighted by Gasteiger charge is -2.21. The Balaban J connectivity index is 1.84. The van der Waals surface area contributed by atoms with Crippen molar-refractivity contribution in [2.24, 2.45) is 5.92 Å². The Labute approximate surface area is 178 Å². The van der Waals surface area contributed by atoms with E-state index < -0.39 is 24.4 Å². The summed E-state index contributed by atoms with van der Waals surface area (Å²) in [5.41, 5.74) is 2.61. The lowest BCUT2D eigenvalue weighted by molar-refractivity contribution is -0.151. The Hall–Kier alpha value is -3.15. The number of benzene rings is 2. The molecule has 2 amide bonds. The molecule has 2 N–H and O–H groups in total. The van der Waals surface area contributed by atoms with Crippen molar-refractivity contribution < 1.29 is 19.1 Å². The van der Waals surface area contributed by atoms with Gasteiger partial charge in [-0.1, -0.05) is 75.7 Å². The lowest BCUT2D eigenvalue weighted by Crippen LogP contribution is -2.36. The minimum atomic E-state index is -0.516. The molecule has 2 aromatic rings. The van der Waals surface area contributed by atoms with Crippen LogP contribution < -0.4 is 10.6 Å². The molecule has 2 atom stereocenters. The first-order valence-corrected chi connectivity index (χ1v) is 10.3. The molecule has 0 aliphatic carbocycles. The van der Waals surface area contributed by atoms with E-state index in [1.807, 2.05) is 75.4 Å². The van der Waals surface area contributed by atoms with Gasteiger partial charge in [-0.15, -0.1) is 0 Å². The number of amides is 2. The van der Waals surface area contributed by atoms with Crippen LogP contribution in [-0.4, -0.2) is 30.9 Å². The Morgan fingerprint density at radius 1 is 0.933 bits per heavy atom. The van der Waals surface area contributed by atoms with Gasteiger partial charge in [-0.2, -0.15) is 0 Å². The minimum absolute atomic E-state index is 0.0763. The Kier molecular flexibility index (Phi) is 9.06. The highest BCUT2D eigenvalue weighted by Gasteiger charge is 2.27. The third kappa shape index (κ3) is 6.72. The third-order valence-corrected chi connectivity index (χ3v) is 5.09. The van der Waals surface area contributed by atoms with E-state index in [-0.39, 0.29) is 18.4 Å². The highest BCUT2D eigenvalue weighted by atomic mass is 16.5. The first kappa shape index (κ1) is 23.1. The Bertz CT molecular complexity index is 851. The second-order valence-corrected chi connectivity index (χ2v) is 7.22. The zero-order valence-electron chi connectivity index (χ0n) is 17.8. The number of nitrogens with one attached hydrogen (secondary N) is 2. The second-order valence-electron chi connectivity index (χ2n) is 7.22. The third-order valence-electron chi connectivity index (χ3n) is 5.09. The van der Waals surface area contributed by atoms with E-state index in [2.05, 4.69) is 10.6 Å². The normalized spacial score (nSPS) is 12.5. The van der Waals surface area contributed by atoms with Gasteiger partial charge >= 0.3 is 5.97 Å². The predicted molar refractivity (Wildman–Crippen MR) is 117 cm³/mol. The smallest absolute Gasteiger partial charge is 0.314 e. The molecule has 6 nitrogen and oxygen atoms in total. The highest BCUT2D eigenvalue weighted by molar-refractivity contribution is 5.95. The molecule has 0 aliphatic heterocycles. The molecule has 160 valence electrons. The molecule has 0 aromatic heterocycles. The average Bonchev–Trinajstić information content (AvgIpc) is 2.77. The molecule has 6 heteroatoms. The van der Waals surface area contributed by atoms with Crippen LogP contribution in [0.1, 0.15) is 44.2 Å². The van der Waals surface area contributed by atoms with E-state index >= 15 is 0 Å². The fourth-order valence-electron chi connectivity index (χ4n) is 3.19. The SMILES string of the molecule is CCc1ccccc1NC(=O)CNC(=O)COC(=O)[C@@H](c1ccccc1)[C@@H](C)CC. The molecular weight excluding hydrogens is 380 g/mol. The first-order chi connectivity index (χ1) is 14.5. The number of aryl methyl sites for hydroxylation is 1. The van der Waals surface area contributed by atoms with Gasteiger partial charge in [-0.05, 0) is 29.5 Å². The van der Waals surface area contributed by atoms with Crippen molar-refractivity contribution in [2.75, 3.05) is 18.5 Å². The van der Waals surface area contributed by atoms with Crippen LogP contribution in [0.5, 0.6) is 0 Å². The van der Waals surface area contributed by atoms with Crippen LogP contribution in [0.15, 0.2) is 54.6 Å². The molecule has 0 saturated carbocycles. The highest BCUT2D eigenvalue weighted by Crippen LogP contribution is 2.28. The van der Waals surface area contributed by atoms with Gasteiger partial charge in [-0.25, -0.2) is 0 Å². The van der Waals surface area contributed by atoms with E-state index in [9.17, 15) is 14.4 Å². The number of rotatable bonds is 10. The maximum absolute atomic E-state index is 12.6. The van der Waals surface area contributed by atoms with Gasteiger partial charge in [0.15, 0.2) is 6.61 Å². The van der Waals surface area contributed by atoms with Crippen LogP contribution in [0.2, 0.25) is 0 Å². The topological polar surface area (TPSA) is 84.5 Å². The number of carbonyl (C=O) groups excluding carboxylic acids is 3. The zero-order chi connectivity index (χ0) is 21.9. The molecule has 0 unspecified atom stereocenters. The summed E-state index contributed by atoms with van der Waals surface area (Å²) in [6.45, 7) is 5.38. The molecule has 2 rings (SSSR count). The summed E-state index contributed by atoms with van der Waals surface area (Å²) < 4.78 is 5.25. The summed E-state index contributed by atoms with van der Waals surface area (Å²) in [4.78, 5) is 36.8. The number of hydrogen-bond acceptors (Lipinski definition) is 4. The van der Waals surface area contributed by atoms with Crippen LogP contribution in [-0.2, 0) is 25.5 Å². The van der Waals surface area contributed by atoms with Gasteiger partial charge in [-0.3, -0.25) is 14.4 Å². The minimum Gasteiger partial charge on any atom is -0.455 e. The number of hydrogen-bond donors (Lipinski definition) is 2. The largest absolute Gasteiger partial charge is 0.455 e. The van der Waals surface area contributed by atoms with Crippen LogP contribution in [0.25, 0.3) is 0 Å². The standard InChI is InChI=1S/C24H30N2O4/c1-4-17(3)23(19-12-7-6-8-13-19)24(29)30-16-22(28)25-15-21(27)26-20-14-10-9-11-18(20)5-2/h6-14,17,23H,4-5,15-16H2,1-3H3,(H,25,28)(H,26,27)/t17-,23+/m0/s1. The molecule has 0 fully saturated rings. The maximum Gasteiger partial charge on any atom is 0.314 e. The molecule has 0 radical (unpaired) electrons. The van der Waals surface area contributed by atoms with E-state index in [0.29, 0.717) is 0 Å². The Morgan fingerprint density at radius 2 is 1.60 bits per heavy atom. The molecule has 30 heavy (non-hydrogen) atoms. The molecule has 0 saturated heterocycles. The van der Waals surface area contributed by atoms with Gasteiger partial charge in [0.25, 0.3) is 5.91 Å². The summed E-state index contributed by atoms with van der Waals surface area (Å²) in [5, 5.41) is 5.27. The maximum atomic E-state index is 12.6. The van der Waals surface area contributed by atoms with Gasteiger partial charge in [0.1, 0.15) is 0 Å². The quantitative estimate of drug-likeness (QED) is 0.585. The molecule has 0 bridgehead atoms.